The van der Waals surface area contributed by atoms with E-state index in [0.717, 1.165) is 11.6 Å². The summed E-state index contributed by atoms with van der Waals surface area (Å²) in [4.78, 5) is 13.3. The summed E-state index contributed by atoms with van der Waals surface area (Å²) < 4.78 is 0. The number of aryl methyl sites for hydroxylation is 3. The normalized spacial score (nSPS) is 12.5. The molecule has 1 atom stereocenters. The van der Waals surface area contributed by atoms with Crippen LogP contribution < -0.4 is 5.32 Å². The molecule has 1 N–H and O–H groups in total. The van der Waals surface area contributed by atoms with Crippen molar-refractivity contribution in [3.8, 4) is 0 Å². The fourth-order valence-electron chi connectivity index (χ4n) is 2.14. The lowest BCUT2D eigenvalue weighted by Crippen LogP contribution is -2.13. The SMILES string of the molecule is Cc1nc(NC(C)c2ccc(C)c(C)c2)nc(C(C)C)n1. The molecule has 0 aliphatic rings. The maximum absolute atomic E-state index is 4.51. The maximum atomic E-state index is 4.51. The Hall–Kier alpha value is -1.97. The summed E-state index contributed by atoms with van der Waals surface area (Å²) in [5, 5.41) is 3.38. The smallest absolute Gasteiger partial charge is 0.226 e. The van der Waals surface area contributed by atoms with Gasteiger partial charge in [0.25, 0.3) is 0 Å². The molecule has 21 heavy (non-hydrogen) atoms. The third-order valence-corrected chi connectivity index (χ3v) is 3.66. The molecular weight excluding hydrogens is 260 g/mol. The minimum atomic E-state index is 0.158. The van der Waals surface area contributed by atoms with Gasteiger partial charge in [-0.25, -0.2) is 4.98 Å². The third-order valence-electron chi connectivity index (χ3n) is 3.66. The lowest BCUT2D eigenvalue weighted by atomic mass is 10.0. The summed E-state index contributed by atoms with van der Waals surface area (Å²) in [6.45, 7) is 12.5. The van der Waals surface area contributed by atoms with Crippen LogP contribution in [0, 0.1) is 20.8 Å². The van der Waals surface area contributed by atoms with Gasteiger partial charge in [-0.1, -0.05) is 32.0 Å². The van der Waals surface area contributed by atoms with Crippen molar-refractivity contribution in [1.29, 1.82) is 0 Å². The first-order valence-electron chi connectivity index (χ1n) is 7.43. The molecule has 0 fully saturated rings. The van der Waals surface area contributed by atoms with E-state index in [1.54, 1.807) is 0 Å². The van der Waals surface area contributed by atoms with Gasteiger partial charge in [0.05, 0.1) is 6.04 Å². The van der Waals surface area contributed by atoms with Crippen molar-refractivity contribution in [2.24, 2.45) is 0 Å². The molecule has 0 saturated heterocycles. The van der Waals surface area contributed by atoms with Crippen molar-refractivity contribution in [3.63, 3.8) is 0 Å². The topological polar surface area (TPSA) is 50.7 Å². The van der Waals surface area contributed by atoms with E-state index in [2.05, 4.69) is 73.1 Å². The first-order valence-corrected chi connectivity index (χ1v) is 7.43. The lowest BCUT2D eigenvalue weighted by molar-refractivity contribution is 0.739. The highest BCUT2D eigenvalue weighted by atomic mass is 15.2. The van der Waals surface area contributed by atoms with Gasteiger partial charge in [-0.2, -0.15) is 9.97 Å². The number of nitrogens with zero attached hydrogens (tertiary/aromatic N) is 3. The summed E-state index contributed by atoms with van der Waals surface area (Å²) in [6.07, 6.45) is 0. The molecule has 4 heteroatoms. The molecule has 0 amide bonds. The van der Waals surface area contributed by atoms with Crippen molar-refractivity contribution in [1.82, 2.24) is 15.0 Å². The molecule has 1 unspecified atom stereocenters. The van der Waals surface area contributed by atoms with E-state index < -0.39 is 0 Å². The molecule has 0 spiro atoms. The predicted octanol–water partition coefficient (Wildman–Crippen LogP) is 4.09. The first-order chi connectivity index (χ1) is 9.86. The fraction of sp³-hybridized carbons (Fsp3) is 0.471. The van der Waals surface area contributed by atoms with Crippen molar-refractivity contribution in [2.45, 2.75) is 53.5 Å². The number of hydrogen-bond donors (Lipinski definition) is 1. The molecule has 1 aromatic carbocycles. The zero-order chi connectivity index (χ0) is 15.6. The van der Waals surface area contributed by atoms with E-state index in [1.807, 2.05) is 6.92 Å². The van der Waals surface area contributed by atoms with Gasteiger partial charge in [0.15, 0.2) is 0 Å². The quantitative estimate of drug-likeness (QED) is 0.918. The van der Waals surface area contributed by atoms with E-state index in [9.17, 15) is 0 Å². The van der Waals surface area contributed by atoms with Gasteiger partial charge in [-0.15, -0.1) is 0 Å². The van der Waals surface area contributed by atoms with E-state index in [4.69, 9.17) is 0 Å². The summed E-state index contributed by atoms with van der Waals surface area (Å²) in [7, 11) is 0. The summed E-state index contributed by atoms with van der Waals surface area (Å²) in [6, 6.07) is 6.68. The van der Waals surface area contributed by atoms with Gasteiger partial charge >= 0.3 is 0 Å². The Kier molecular flexibility index (Phi) is 4.56. The predicted molar refractivity (Wildman–Crippen MR) is 86.6 cm³/mol. The van der Waals surface area contributed by atoms with Crippen LogP contribution >= 0.6 is 0 Å². The minimum absolute atomic E-state index is 0.158. The maximum Gasteiger partial charge on any atom is 0.226 e. The number of benzene rings is 1. The second-order valence-electron chi connectivity index (χ2n) is 5.93. The highest BCUT2D eigenvalue weighted by Crippen LogP contribution is 2.20. The zero-order valence-electron chi connectivity index (χ0n) is 13.7. The van der Waals surface area contributed by atoms with Crippen LogP contribution in [0.2, 0.25) is 0 Å². The largest absolute Gasteiger partial charge is 0.348 e. The Morgan fingerprint density at radius 2 is 1.62 bits per heavy atom. The lowest BCUT2D eigenvalue weighted by Gasteiger charge is -2.16. The van der Waals surface area contributed by atoms with Crippen LogP contribution in [-0.4, -0.2) is 15.0 Å². The number of rotatable bonds is 4. The molecule has 112 valence electrons. The van der Waals surface area contributed by atoms with E-state index >= 15 is 0 Å². The van der Waals surface area contributed by atoms with Gasteiger partial charge in [-0.05, 0) is 44.4 Å². The average molecular weight is 284 g/mol. The van der Waals surface area contributed by atoms with Gasteiger partial charge in [-0.3, -0.25) is 0 Å². The fourth-order valence-corrected chi connectivity index (χ4v) is 2.14. The summed E-state index contributed by atoms with van der Waals surface area (Å²) >= 11 is 0. The van der Waals surface area contributed by atoms with Crippen LogP contribution in [-0.2, 0) is 0 Å². The van der Waals surface area contributed by atoms with Gasteiger partial charge in [0.2, 0.25) is 5.95 Å². The van der Waals surface area contributed by atoms with Crippen molar-refractivity contribution in [2.75, 3.05) is 5.32 Å². The third kappa shape index (κ3) is 3.78. The molecule has 1 aromatic heterocycles. The molecule has 4 nitrogen and oxygen atoms in total. The highest BCUT2D eigenvalue weighted by molar-refractivity contribution is 5.36. The zero-order valence-corrected chi connectivity index (χ0v) is 13.7. The van der Waals surface area contributed by atoms with Crippen molar-refractivity contribution >= 4 is 5.95 Å². The highest BCUT2D eigenvalue weighted by Gasteiger charge is 2.11. The molecule has 0 saturated carbocycles. The molecule has 0 aliphatic heterocycles. The van der Waals surface area contributed by atoms with Crippen molar-refractivity contribution in [3.05, 3.63) is 46.5 Å². The van der Waals surface area contributed by atoms with Crippen molar-refractivity contribution < 1.29 is 0 Å². The number of anilines is 1. The monoisotopic (exact) mass is 284 g/mol. The number of aromatic nitrogens is 3. The first kappa shape index (κ1) is 15.4. The van der Waals surface area contributed by atoms with E-state index in [-0.39, 0.29) is 6.04 Å². The van der Waals surface area contributed by atoms with Crippen LogP contribution in [0.1, 0.15) is 61.1 Å². The average Bonchev–Trinajstić information content (AvgIpc) is 2.41. The number of nitrogens with one attached hydrogen (secondary N) is 1. The molecule has 0 radical (unpaired) electrons. The molecule has 2 aromatic rings. The minimum Gasteiger partial charge on any atom is -0.348 e. The standard InChI is InChI=1S/C17H24N4/c1-10(2)16-19-14(6)20-17(21-16)18-13(5)15-8-7-11(3)12(4)9-15/h7-10,13H,1-6H3,(H,18,19,20,21). The van der Waals surface area contributed by atoms with Crippen LogP contribution in [0.25, 0.3) is 0 Å². The number of hydrogen-bond acceptors (Lipinski definition) is 4. The summed E-state index contributed by atoms with van der Waals surface area (Å²) in [5.41, 5.74) is 3.85. The van der Waals surface area contributed by atoms with E-state index in [1.165, 1.54) is 16.7 Å². The van der Waals surface area contributed by atoms with E-state index in [0.29, 0.717) is 11.9 Å². The Morgan fingerprint density at radius 3 is 2.24 bits per heavy atom. The second-order valence-corrected chi connectivity index (χ2v) is 5.93. The Bertz CT molecular complexity index is 635. The molecule has 0 aliphatic carbocycles. The van der Waals surface area contributed by atoms with Gasteiger partial charge in [0, 0.05) is 5.92 Å². The Balaban J connectivity index is 2.22. The van der Waals surface area contributed by atoms with Crippen LogP contribution in [0.5, 0.6) is 0 Å². The van der Waals surface area contributed by atoms with Gasteiger partial charge < -0.3 is 5.32 Å². The molecule has 1 heterocycles. The molecule has 0 bridgehead atoms. The Morgan fingerprint density at radius 1 is 0.905 bits per heavy atom. The second kappa shape index (κ2) is 6.20. The van der Waals surface area contributed by atoms with Crippen LogP contribution in [0.4, 0.5) is 5.95 Å². The van der Waals surface area contributed by atoms with Crippen LogP contribution in [0.3, 0.4) is 0 Å². The van der Waals surface area contributed by atoms with Gasteiger partial charge in [0.1, 0.15) is 11.6 Å². The summed E-state index contributed by atoms with van der Waals surface area (Å²) in [5.74, 6) is 2.53. The molecular formula is C17H24N4. The Labute approximate surface area is 127 Å². The molecule has 2 rings (SSSR count). The van der Waals surface area contributed by atoms with Crippen LogP contribution in [0.15, 0.2) is 18.2 Å².